The van der Waals surface area contributed by atoms with Crippen LogP contribution in [0.2, 0.25) is 0 Å². The highest BCUT2D eigenvalue weighted by Crippen LogP contribution is 2.23. The molecule has 1 N–H and O–H groups in total. The molecule has 5 nitrogen and oxygen atoms in total. The van der Waals surface area contributed by atoms with Crippen LogP contribution in [0.3, 0.4) is 0 Å². The molecular formula is C11H16N2O3. The lowest BCUT2D eigenvalue weighted by Gasteiger charge is -2.14. The van der Waals surface area contributed by atoms with E-state index in [1.165, 1.54) is 0 Å². The van der Waals surface area contributed by atoms with Crippen molar-refractivity contribution in [2.75, 3.05) is 6.61 Å². The van der Waals surface area contributed by atoms with E-state index in [0.717, 1.165) is 18.5 Å². The molecule has 0 amide bonds. The molecule has 1 saturated heterocycles. The third kappa shape index (κ3) is 2.24. The summed E-state index contributed by atoms with van der Waals surface area (Å²) in [7, 11) is 0. The summed E-state index contributed by atoms with van der Waals surface area (Å²) in [4.78, 5) is 15.1. The van der Waals surface area contributed by atoms with Gasteiger partial charge in [0, 0.05) is 25.3 Å². The van der Waals surface area contributed by atoms with Gasteiger partial charge in [0.05, 0.1) is 12.0 Å². The Balaban J connectivity index is 2.00. The van der Waals surface area contributed by atoms with Crippen LogP contribution in [0.1, 0.15) is 19.0 Å². The number of ether oxygens (including phenoxy) is 1. The third-order valence-corrected chi connectivity index (χ3v) is 2.95. The average molecular weight is 224 g/mol. The lowest BCUT2D eigenvalue weighted by molar-refractivity contribution is -0.149. The Morgan fingerprint density at radius 1 is 1.75 bits per heavy atom. The lowest BCUT2D eigenvalue weighted by atomic mass is 10.0. The Hall–Kier alpha value is -1.36. The fraction of sp³-hybridized carbons (Fsp3) is 0.636. The molecule has 0 saturated carbocycles. The molecule has 0 bridgehead atoms. The molecule has 2 heterocycles. The van der Waals surface area contributed by atoms with Gasteiger partial charge in [-0.2, -0.15) is 0 Å². The normalized spacial score (nSPS) is 24.8. The summed E-state index contributed by atoms with van der Waals surface area (Å²) in [5.74, 6) is -0.810. The SMILES string of the molecule is CCc1cn(C[C@@H]2CCO[C@@H]2C(=O)O)cn1. The van der Waals surface area contributed by atoms with E-state index in [1.54, 1.807) is 6.33 Å². The molecule has 0 radical (unpaired) electrons. The molecule has 0 aromatic carbocycles. The fourth-order valence-corrected chi connectivity index (χ4v) is 2.05. The van der Waals surface area contributed by atoms with E-state index in [9.17, 15) is 4.79 Å². The summed E-state index contributed by atoms with van der Waals surface area (Å²) in [5, 5.41) is 8.96. The summed E-state index contributed by atoms with van der Waals surface area (Å²) in [6, 6.07) is 0. The van der Waals surface area contributed by atoms with Gasteiger partial charge in [-0.05, 0) is 12.8 Å². The van der Waals surface area contributed by atoms with Crippen LogP contribution in [-0.4, -0.2) is 33.3 Å². The second-order valence-corrected chi connectivity index (χ2v) is 4.09. The Morgan fingerprint density at radius 3 is 3.19 bits per heavy atom. The van der Waals surface area contributed by atoms with Gasteiger partial charge in [0.15, 0.2) is 6.10 Å². The molecule has 1 aliphatic heterocycles. The number of rotatable bonds is 4. The van der Waals surface area contributed by atoms with Crippen LogP contribution in [0, 0.1) is 5.92 Å². The summed E-state index contributed by atoms with van der Waals surface area (Å²) in [6.07, 6.45) is 4.77. The zero-order valence-corrected chi connectivity index (χ0v) is 9.30. The van der Waals surface area contributed by atoms with Gasteiger partial charge in [0.25, 0.3) is 0 Å². The van der Waals surface area contributed by atoms with E-state index < -0.39 is 12.1 Å². The van der Waals surface area contributed by atoms with Crippen LogP contribution >= 0.6 is 0 Å². The van der Waals surface area contributed by atoms with Crippen LogP contribution < -0.4 is 0 Å². The minimum atomic E-state index is -0.863. The van der Waals surface area contributed by atoms with Crippen molar-refractivity contribution >= 4 is 5.97 Å². The van der Waals surface area contributed by atoms with Gasteiger partial charge in [-0.15, -0.1) is 0 Å². The van der Waals surface area contributed by atoms with Crippen LogP contribution in [0.4, 0.5) is 0 Å². The highest BCUT2D eigenvalue weighted by Gasteiger charge is 2.34. The second-order valence-electron chi connectivity index (χ2n) is 4.09. The fourth-order valence-electron chi connectivity index (χ4n) is 2.05. The maximum absolute atomic E-state index is 10.9. The smallest absolute Gasteiger partial charge is 0.333 e. The Morgan fingerprint density at radius 2 is 2.56 bits per heavy atom. The summed E-state index contributed by atoms with van der Waals surface area (Å²) in [6.45, 7) is 3.26. The van der Waals surface area contributed by atoms with Crippen LogP contribution in [0.5, 0.6) is 0 Å². The topological polar surface area (TPSA) is 64.3 Å². The van der Waals surface area contributed by atoms with Crippen molar-refractivity contribution in [2.45, 2.75) is 32.4 Å². The number of aromatic nitrogens is 2. The van der Waals surface area contributed by atoms with E-state index in [2.05, 4.69) is 4.98 Å². The predicted octanol–water partition coefficient (Wildman–Crippen LogP) is 0.935. The number of hydrogen-bond donors (Lipinski definition) is 1. The quantitative estimate of drug-likeness (QED) is 0.826. The number of nitrogens with zero attached hydrogens (tertiary/aromatic N) is 2. The molecule has 0 unspecified atom stereocenters. The Labute approximate surface area is 94.1 Å². The van der Waals surface area contributed by atoms with Gasteiger partial charge in [-0.3, -0.25) is 0 Å². The zero-order chi connectivity index (χ0) is 11.5. The van der Waals surface area contributed by atoms with Crippen molar-refractivity contribution in [1.29, 1.82) is 0 Å². The Bertz CT molecular complexity index is 375. The standard InChI is InChI=1S/C11H16N2O3/c1-2-9-6-13(7-12-9)5-8-3-4-16-10(8)11(14)15/h6-8,10H,2-5H2,1H3,(H,14,15)/t8-,10-/m0/s1. The summed E-state index contributed by atoms with van der Waals surface area (Å²) in [5.41, 5.74) is 1.03. The van der Waals surface area contributed by atoms with Gasteiger partial charge >= 0.3 is 5.97 Å². The molecule has 16 heavy (non-hydrogen) atoms. The molecule has 0 aliphatic carbocycles. The monoisotopic (exact) mass is 224 g/mol. The molecule has 2 atom stereocenters. The van der Waals surface area contributed by atoms with Crippen LogP contribution in [0.15, 0.2) is 12.5 Å². The molecule has 0 spiro atoms. The first-order chi connectivity index (χ1) is 7.70. The van der Waals surface area contributed by atoms with Crippen molar-refractivity contribution in [3.63, 3.8) is 0 Å². The van der Waals surface area contributed by atoms with Crippen LogP contribution in [0.25, 0.3) is 0 Å². The maximum Gasteiger partial charge on any atom is 0.333 e. The molecular weight excluding hydrogens is 208 g/mol. The van der Waals surface area contributed by atoms with E-state index >= 15 is 0 Å². The molecule has 1 fully saturated rings. The van der Waals surface area contributed by atoms with Gasteiger partial charge in [0.1, 0.15) is 0 Å². The van der Waals surface area contributed by atoms with E-state index in [4.69, 9.17) is 9.84 Å². The highest BCUT2D eigenvalue weighted by atomic mass is 16.5. The first kappa shape index (κ1) is 11.1. The van der Waals surface area contributed by atoms with Crippen molar-refractivity contribution < 1.29 is 14.6 Å². The van der Waals surface area contributed by atoms with Gasteiger partial charge in [0.2, 0.25) is 0 Å². The average Bonchev–Trinajstić information content (AvgIpc) is 2.87. The number of imidazole rings is 1. The van der Waals surface area contributed by atoms with E-state index in [1.807, 2.05) is 17.7 Å². The third-order valence-electron chi connectivity index (χ3n) is 2.95. The Kier molecular flexibility index (Phi) is 3.24. The molecule has 1 aliphatic rings. The van der Waals surface area contributed by atoms with Crippen molar-refractivity contribution in [2.24, 2.45) is 5.92 Å². The van der Waals surface area contributed by atoms with E-state index in [-0.39, 0.29) is 5.92 Å². The van der Waals surface area contributed by atoms with Gasteiger partial charge in [-0.1, -0.05) is 6.92 Å². The van der Waals surface area contributed by atoms with Crippen LogP contribution in [-0.2, 0) is 22.5 Å². The van der Waals surface area contributed by atoms with E-state index in [0.29, 0.717) is 13.2 Å². The minimum Gasteiger partial charge on any atom is -0.479 e. The first-order valence-electron chi connectivity index (χ1n) is 5.55. The highest BCUT2D eigenvalue weighted by molar-refractivity contribution is 5.73. The van der Waals surface area contributed by atoms with Gasteiger partial charge < -0.3 is 14.4 Å². The first-order valence-corrected chi connectivity index (χ1v) is 5.55. The zero-order valence-electron chi connectivity index (χ0n) is 9.30. The largest absolute Gasteiger partial charge is 0.479 e. The van der Waals surface area contributed by atoms with Gasteiger partial charge in [-0.25, -0.2) is 9.78 Å². The second kappa shape index (κ2) is 4.65. The number of carboxylic acid groups (broad SMARTS) is 1. The molecule has 1 aromatic rings. The van der Waals surface area contributed by atoms with Crippen molar-refractivity contribution in [3.8, 4) is 0 Å². The molecule has 1 aromatic heterocycles. The summed E-state index contributed by atoms with van der Waals surface area (Å²) < 4.78 is 7.15. The number of hydrogen-bond acceptors (Lipinski definition) is 3. The molecule has 5 heteroatoms. The molecule has 2 rings (SSSR count). The minimum absolute atomic E-state index is 0.0522. The van der Waals surface area contributed by atoms with Crippen molar-refractivity contribution in [1.82, 2.24) is 9.55 Å². The maximum atomic E-state index is 10.9. The number of aryl methyl sites for hydroxylation is 1. The number of aliphatic carboxylic acids is 1. The lowest BCUT2D eigenvalue weighted by Crippen LogP contribution is -2.28. The number of carbonyl (C=O) groups is 1. The van der Waals surface area contributed by atoms with Crippen molar-refractivity contribution in [3.05, 3.63) is 18.2 Å². The molecule has 88 valence electrons. The summed E-state index contributed by atoms with van der Waals surface area (Å²) >= 11 is 0. The predicted molar refractivity (Wildman–Crippen MR) is 57.1 cm³/mol. The number of carboxylic acids is 1.